The van der Waals surface area contributed by atoms with E-state index in [1.165, 1.54) is 0 Å². The highest BCUT2D eigenvalue weighted by atomic mass is 19.1. The Morgan fingerprint density at radius 2 is 2.06 bits per heavy atom. The second-order valence-corrected chi connectivity index (χ2v) is 2.74. The molecule has 0 heterocycles. The molecule has 1 rings (SSSR count). The number of halogens is 2. The molecule has 0 unspecified atom stereocenters. The van der Waals surface area contributed by atoms with Gasteiger partial charge in [0.1, 0.15) is 5.56 Å². The molecule has 8 heteroatoms. The number of carbonyl (C=O) groups excluding carboxylic acids is 1. The largest absolute Gasteiger partial charge is 0.465 e. The van der Waals surface area contributed by atoms with E-state index in [4.69, 9.17) is 5.73 Å². The van der Waals surface area contributed by atoms with Crippen LogP contribution >= 0.6 is 0 Å². The summed E-state index contributed by atoms with van der Waals surface area (Å²) in [4.78, 5) is 20.3. The average Bonchev–Trinajstić information content (AvgIpc) is 2.22. The SMILES string of the molecule is COC(=O)c1c(F)c(N)cc([N+](=O)[O-])c1F. The average molecular weight is 232 g/mol. The van der Waals surface area contributed by atoms with Crippen LogP contribution in [0.1, 0.15) is 10.4 Å². The van der Waals surface area contributed by atoms with Gasteiger partial charge in [0.25, 0.3) is 0 Å². The quantitative estimate of drug-likeness (QED) is 0.358. The number of esters is 1. The monoisotopic (exact) mass is 232 g/mol. The maximum absolute atomic E-state index is 13.4. The van der Waals surface area contributed by atoms with Crippen molar-refractivity contribution in [2.75, 3.05) is 12.8 Å². The maximum Gasteiger partial charge on any atom is 0.344 e. The Balaban J connectivity index is 3.58. The van der Waals surface area contributed by atoms with Crippen molar-refractivity contribution in [3.63, 3.8) is 0 Å². The second kappa shape index (κ2) is 4.09. The van der Waals surface area contributed by atoms with E-state index < -0.39 is 39.5 Å². The molecule has 6 nitrogen and oxygen atoms in total. The topological polar surface area (TPSA) is 95.5 Å². The predicted octanol–water partition coefficient (Wildman–Crippen LogP) is 1.24. The van der Waals surface area contributed by atoms with Gasteiger partial charge in [-0.15, -0.1) is 0 Å². The molecule has 0 amide bonds. The van der Waals surface area contributed by atoms with Gasteiger partial charge in [0.05, 0.1) is 17.7 Å². The third kappa shape index (κ3) is 1.76. The molecule has 1 aromatic rings. The van der Waals surface area contributed by atoms with Crippen molar-refractivity contribution in [2.45, 2.75) is 0 Å². The van der Waals surface area contributed by atoms with E-state index in [0.29, 0.717) is 6.07 Å². The fourth-order valence-corrected chi connectivity index (χ4v) is 1.06. The Labute approximate surface area is 87.8 Å². The van der Waals surface area contributed by atoms with Crippen molar-refractivity contribution in [3.8, 4) is 0 Å². The number of rotatable bonds is 2. The molecule has 0 aliphatic carbocycles. The van der Waals surface area contributed by atoms with Crippen LogP contribution in [0.3, 0.4) is 0 Å². The van der Waals surface area contributed by atoms with Gasteiger partial charge in [-0.25, -0.2) is 9.18 Å². The fraction of sp³-hybridized carbons (Fsp3) is 0.125. The second-order valence-electron chi connectivity index (χ2n) is 2.74. The van der Waals surface area contributed by atoms with Gasteiger partial charge in [-0.3, -0.25) is 10.1 Å². The molecule has 0 spiro atoms. The summed E-state index contributed by atoms with van der Waals surface area (Å²) in [6, 6.07) is 0.497. The molecule has 0 aliphatic rings. The number of nitro benzene ring substituents is 1. The van der Waals surface area contributed by atoms with Gasteiger partial charge in [-0.05, 0) is 0 Å². The van der Waals surface area contributed by atoms with E-state index in [2.05, 4.69) is 4.74 Å². The number of nitrogens with zero attached hydrogens (tertiary/aromatic N) is 1. The molecule has 0 saturated carbocycles. The summed E-state index contributed by atoms with van der Waals surface area (Å²) < 4.78 is 30.7. The third-order valence-corrected chi connectivity index (χ3v) is 1.80. The molecule has 0 atom stereocenters. The summed E-state index contributed by atoms with van der Waals surface area (Å²) in [7, 11) is 0.885. The van der Waals surface area contributed by atoms with Gasteiger partial charge in [-0.2, -0.15) is 4.39 Å². The Kier molecular flexibility index (Phi) is 3.02. The zero-order valence-corrected chi connectivity index (χ0v) is 7.99. The van der Waals surface area contributed by atoms with E-state index in [0.717, 1.165) is 7.11 Å². The van der Waals surface area contributed by atoms with Gasteiger partial charge in [0.15, 0.2) is 5.82 Å². The molecule has 0 aromatic heterocycles. The van der Waals surface area contributed by atoms with Gasteiger partial charge in [0.2, 0.25) is 5.82 Å². The number of carbonyl (C=O) groups is 1. The van der Waals surface area contributed by atoms with E-state index >= 15 is 0 Å². The minimum absolute atomic E-state index is 0.497. The summed E-state index contributed by atoms with van der Waals surface area (Å²) in [5, 5.41) is 10.4. The Bertz CT molecular complexity index is 476. The molecule has 86 valence electrons. The van der Waals surface area contributed by atoms with E-state index in [1.54, 1.807) is 0 Å². The smallest absolute Gasteiger partial charge is 0.344 e. The number of nitrogens with two attached hydrogens (primary N) is 1. The van der Waals surface area contributed by atoms with E-state index in [9.17, 15) is 23.7 Å². The van der Waals surface area contributed by atoms with Gasteiger partial charge in [-0.1, -0.05) is 0 Å². The Morgan fingerprint density at radius 3 is 2.50 bits per heavy atom. The first-order valence-electron chi connectivity index (χ1n) is 3.90. The third-order valence-electron chi connectivity index (χ3n) is 1.80. The van der Waals surface area contributed by atoms with Crippen molar-refractivity contribution >= 4 is 17.3 Å². The fourth-order valence-electron chi connectivity index (χ4n) is 1.06. The molecular formula is C8H6F2N2O4. The molecule has 0 radical (unpaired) electrons. The minimum Gasteiger partial charge on any atom is -0.465 e. The van der Waals surface area contributed by atoms with Crippen LogP contribution in [0.15, 0.2) is 6.07 Å². The highest BCUT2D eigenvalue weighted by Crippen LogP contribution is 2.28. The summed E-state index contributed by atoms with van der Waals surface area (Å²) >= 11 is 0. The lowest BCUT2D eigenvalue weighted by molar-refractivity contribution is -0.387. The van der Waals surface area contributed by atoms with Gasteiger partial charge in [0, 0.05) is 6.07 Å². The molecule has 1 aromatic carbocycles. The number of ether oxygens (including phenoxy) is 1. The van der Waals surface area contributed by atoms with Gasteiger partial charge < -0.3 is 10.5 Å². The number of hydrogen-bond donors (Lipinski definition) is 1. The normalized spacial score (nSPS) is 9.94. The van der Waals surface area contributed by atoms with Crippen LogP contribution in [0.5, 0.6) is 0 Å². The van der Waals surface area contributed by atoms with Crippen molar-refractivity contribution in [2.24, 2.45) is 0 Å². The molecule has 0 fully saturated rings. The van der Waals surface area contributed by atoms with Crippen LogP contribution in [0.2, 0.25) is 0 Å². The van der Waals surface area contributed by atoms with E-state index in [1.807, 2.05) is 0 Å². The minimum atomic E-state index is -1.61. The van der Waals surface area contributed by atoms with Crippen molar-refractivity contribution < 1.29 is 23.2 Å². The van der Waals surface area contributed by atoms with Crippen LogP contribution in [0.25, 0.3) is 0 Å². The first-order valence-corrected chi connectivity index (χ1v) is 3.90. The predicted molar refractivity (Wildman–Crippen MR) is 48.8 cm³/mol. The number of anilines is 1. The lowest BCUT2D eigenvalue weighted by Crippen LogP contribution is -2.12. The Morgan fingerprint density at radius 1 is 1.50 bits per heavy atom. The number of nitro groups is 1. The van der Waals surface area contributed by atoms with Crippen molar-refractivity contribution in [3.05, 3.63) is 33.4 Å². The molecule has 16 heavy (non-hydrogen) atoms. The van der Waals surface area contributed by atoms with E-state index in [-0.39, 0.29) is 0 Å². The highest BCUT2D eigenvalue weighted by molar-refractivity contribution is 5.92. The highest BCUT2D eigenvalue weighted by Gasteiger charge is 2.29. The summed E-state index contributed by atoms with van der Waals surface area (Å²) in [6.07, 6.45) is 0. The van der Waals surface area contributed by atoms with Crippen molar-refractivity contribution in [1.29, 1.82) is 0 Å². The summed E-state index contributed by atoms with van der Waals surface area (Å²) in [5.74, 6) is -4.36. The molecule has 2 N–H and O–H groups in total. The molecule has 0 bridgehead atoms. The lowest BCUT2D eigenvalue weighted by atomic mass is 10.1. The van der Waals surface area contributed by atoms with Crippen LogP contribution in [0, 0.1) is 21.7 Å². The zero-order chi connectivity index (χ0) is 12.5. The van der Waals surface area contributed by atoms with Gasteiger partial charge >= 0.3 is 11.7 Å². The van der Waals surface area contributed by atoms with Crippen LogP contribution < -0.4 is 5.73 Å². The first kappa shape index (κ1) is 11.8. The maximum atomic E-state index is 13.4. The zero-order valence-electron chi connectivity index (χ0n) is 7.99. The number of methoxy groups -OCH3 is 1. The first-order chi connectivity index (χ1) is 7.40. The number of nitrogen functional groups attached to an aromatic ring is 1. The Hall–Kier alpha value is -2.25. The lowest BCUT2D eigenvalue weighted by Gasteiger charge is -2.05. The standard InChI is InChI=1S/C8H6F2N2O4/c1-16-8(13)5-6(9)3(11)2-4(7(5)10)12(14)15/h2H,11H2,1H3. The van der Waals surface area contributed by atoms with Crippen LogP contribution in [-0.2, 0) is 4.74 Å². The molecule has 0 saturated heterocycles. The molecular weight excluding hydrogens is 226 g/mol. The summed E-state index contributed by atoms with van der Waals surface area (Å²) in [6.45, 7) is 0. The number of benzene rings is 1. The molecule has 0 aliphatic heterocycles. The number of hydrogen-bond acceptors (Lipinski definition) is 5. The van der Waals surface area contributed by atoms with Crippen LogP contribution in [-0.4, -0.2) is 18.0 Å². The van der Waals surface area contributed by atoms with Crippen LogP contribution in [0.4, 0.5) is 20.2 Å². The summed E-state index contributed by atoms with van der Waals surface area (Å²) in [5.41, 5.74) is 2.11. The van der Waals surface area contributed by atoms with Crippen molar-refractivity contribution in [1.82, 2.24) is 0 Å².